The van der Waals surface area contributed by atoms with Crippen LogP contribution in [0.15, 0.2) is 35.7 Å². The number of allylic oxidation sites excluding steroid dienone is 5. The van der Waals surface area contributed by atoms with Gasteiger partial charge in [-0.25, -0.2) is 4.79 Å². The van der Waals surface area contributed by atoms with Crippen molar-refractivity contribution in [1.29, 1.82) is 0 Å². The lowest BCUT2D eigenvalue weighted by Gasteiger charge is -2.29. The first-order valence-electron chi connectivity index (χ1n) is 6.55. The van der Waals surface area contributed by atoms with Gasteiger partial charge in [0.1, 0.15) is 0 Å². The van der Waals surface area contributed by atoms with Crippen molar-refractivity contribution in [3.05, 3.63) is 35.7 Å². The van der Waals surface area contributed by atoms with Crippen LogP contribution in [0.1, 0.15) is 41.5 Å². The fourth-order valence-electron chi connectivity index (χ4n) is 1.91. The molecule has 0 unspecified atom stereocenters. The van der Waals surface area contributed by atoms with Crippen LogP contribution < -0.4 is 0 Å². The summed E-state index contributed by atoms with van der Waals surface area (Å²) in [5.41, 5.74) is 2.01. The quantitative estimate of drug-likeness (QED) is 0.644. The zero-order valence-electron chi connectivity index (χ0n) is 13.1. The first-order chi connectivity index (χ1) is 8.57. The van der Waals surface area contributed by atoms with E-state index < -0.39 is 0 Å². The molecule has 0 spiro atoms. The van der Waals surface area contributed by atoms with Crippen LogP contribution in [0.3, 0.4) is 0 Å². The van der Waals surface area contributed by atoms with E-state index in [-0.39, 0.29) is 16.9 Å². The third-order valence-corrected chi connectivity index (χ3v) is 3.09. The minimum atomic E-state index is -0.360. The summed E-state index contributed by atoms with van der Waals surface area (Å²) in [6.45, 7) is 12.7. The molecule has 0 fully saturated rings. The molecule has 0 aromatic carbocycles. The molecule has 1 amide bonds. The monoisotopic (exact) mass is 263 g/mol. The highest BCUT2D eigenvalue weighted by Crippen LogP contribution is 2.34. The van der Waals surface area contributed by atoms with Gasteiger partial charge < -0.3 is 4.74 Å². The first kappa shape index (κ1) is 15.5. The third-order valence-electron chi connectivity index (χ3n) is 3.09. The second kappa shape index (κ2) is 5.24. The fourth-order valence-corrected chi connectivity index (χ4v) is 1.91. The van der Waals surface area contributed by atoms with E-state index >= 15 is 0 Å². The zero-order valence-corrected chi connectivity index (χ0v) is 13.1. The Hall–Kier alpha value is -1.51. The van der Waals surface area contributed by atoms with Gasteiger partial charge in [-0.3, -0.25) is 4.90 Å². The van der Waals surface area contributed by atoms with Crippen LogP contribution in [0, 0.1) is 10.8 Å². The smallest absolute Gasteiger partial charge is 0.417 e. The van der Waals surface area contributed by atoms with E-state index in [1.165, 1.54) is 12.7 Å². The van der Waals surface area contributed by atoms with Gasteiger partial charge in [0.25, 0.3) is 0 Å². The molecule has 1 aliphatic heterocycles. The van der Waals surface area contributed by atoms with Crippen LogP contribution in [0.2, 0.25) is 0 Å². The third kappa shape index (κ3) is 3.72. The molecule has 106 valence electrons. The van der Waals surface area contributed by atoms with Crippen LogP contribution in [0.25, 0.3) is 0 Å². The van der Waals surface area contributed by atoms with Crippen molar-refractivity contribution in [1.82, 2.24) is 4.90 Å². The number of nitrogens with zero attached hydrogens (tertiary/aromatic N) is 1. The molecular weight excluding hydrogens is 238 g/mol. The van der Waals surface area contributed by atoms with Crippen molar-refractivity contribution in [2.75, 3.05) is 7.11 Å². The van der Waals surface area contributed by atoms with Gasteiger partial charge in [0.2, 0.25) is 0 Å². The summed E-state index contributed by atoms with van der Waals surface area (Å²) in [5.74, 6) is 0. The molecule has 0 aromatic heterocycles. The Labute approximate surface area is 116 Å². The summed E-state index contributed by atoms with van der Waals surface area (Å²) in [6.07, 6.45) is 7.51. The van der Waals surface area contributed by atoms with Gasteiger partial charge >= 0.3 is 6.09 Å². The van der Waals surface area contributed by atoms with Crippen molar-refractivity contribution in [3.63, 3.8) is 0 Å². The van der Waals surface area contributed by atoms with Crippen molar-refractivity contribution < 1.29 is 9.53 Å². The van der Waals surface area contributed by atoms with Gasteiger partial charge in [0.15, 0.2) is 0 Å². The summed E-state index contributed by atoms with van der Waals surface area (Å²) in [4.78, 5) is 13.5. The highest BCUT2D eigenvalue weighted by atomic mass is 16.5. The molecule has 19 heavy (non-hydrogen) atoms. The molecule has 3 nitrogen and oxygen atoms in total. The molecule has 0 aliphatic carbocycles. The van der Waals surface area contributed by atoms with Crippen LogP contribution in [0.4, 0.5) is 4.79 Å². The van der Waals surface area contributed by atoms with Gasteiger partial charge in [-0.15, -0.1) is 0 Å². The van der Waals surface area contributed by atoms with Gasteiger partial charge in [0.05, 0.1) is 7.11 Å². The summed E-state index contributed by atoms with van der Waals surface area (Å²) in [7, 11) is 1.40. The fraction of sp³-hybridized carbons (Fsp3) is 0.562. The molecular formula is C16H25NO2. The molecule has 1 heterocycles. The largest absolute Gasteiger partial charge is 0.452 e. The van der Waals surface area contributed by atoms with Crippen LogP contribution in [-0.4, -0.2) is 18.1 Å². The molecule has 1 aliphatic rings. The van der Waals surface area contributed by atoms with E-state index in [0.29, 0.717) is 0 Å². The first-order valence-corrected chi connectivity index (χ1v) is 6.55. The van der Waals surface area contributed by atoms with Crippen molar-refractivity contribution in [2.24, 2.45) is 10.8 Å². The number of carbonyl (C=O) groups excluding carboxylic acids is 1. The maximum absolute atomic E-state index is 11.9. The summed E-state index contributed by atoms with van der Waals surface area (Å²) in [6, 6.07) is 0. The molecule has 0 atom stereocenters. The molecule has 3 heteroatoms. The van der Waals surface area contributed by atoms with E-state index in [2.05, 4.69) is 47.6 Å². The predicted molar refractivity (Wildman–Crippen MR) is 78.5 cm³/mol. The lowest BCUT2D eigenvalue weighted by atomic mass is 9.86. The van der Waals surface area contributed by atoms with E-state index in [4.69, 9.17) is 4.74 Å². The summed E-state index contributed by atoms with van der Waals surface area (Å²) >= 11 is 0. The number of amides is 1. The Morgan fingerprint density at radius 1 is 1.05 bits per heavy atom. The maximum Gasteiger partial charge on any atom is 0.417 e. The lowest BCUT2D eigenvalue weighted by molar-refractivity contribution is 0.142. The highest BCUT2D eigenvalue weighted by Gasteiger charge is 2.28. The number of rotatable bonds is 0. The molecule has 0 saturated carbocycles. The van der Waals surface area contributed by atoms with Gasteiger partial charge in [-0.1, -0.05) is 47.6 Å². The van der Waals surface area contributed by atoms with Crippen molar-refractivity contribution in [2.45, 2.75) is 41.5 Å². The number of hydrogen-bond donors (Lipinski definition) is 0. The number of carbonyl (C=O) groups is 1. The minimum Gasteiger partial charge on any atom is -0.452 e. The average Bonchev–Trinajstić information content (AvgIpc) is 2.48. The molecule has 0 N–H and O–H groups in total. The molecule has 1 rings (SSSR count). The molecule has 0 saturated heterocycles. The summed E-state index contributed by atoms with van der Waals surface area (Å²) < 4.78 is 4.86. The van der Waals surface area contributed by atoms with E-state index in [1.807, 2.05) is 12.2 Å². The van der Waals surface area contributed by atoms with Crippen LogP contribution in [0.5, 0.6) is 0 Å². The molecule has 0 bridgehead atoms. The maximum atomic E-state index is 11.9. The van der Waals surface area contributed by atoms with E-state index in [9.17, 15) is 4.79 Å². The second-order valence-corrected chi connectivity index (χ2v) is 6.83. The number of methoxy groups -OCH3 is 1. The average molecular weight is 263 g/mol. The van der Waals surface area contributed by atoms with Crippen LogP contribution >= 0.6 is 0 Å². The Morgan fingerprint density at radius 3 is 2.05 bits per heavy atom. The zero-order chi connectivity index (χ0) is 14.8. The van der Waals surface area contributed by atoms with Gasteiger partial charge in [0, 0.05) is 17.3 Å². The number of ether oxygens (including phenoxy) is 1. The Kier molecular flexibility index (Phi) is 4.28. The Balaban J connectivity index is 3.28. The van der Waals surface area contributed by atoms with Gasteiger partial charge in [-0.05, 0) is 23.1 Å². The van der Waals surface area contributed by atoms with E-state index in [0.717, 1.165) is 5.70 Å². The topological polar surface area (TPSA) is 29.5 Å². The minimum absolute atomic E-state index is 0.0438. The molecule has 0 aromatic rings. The predicted octanol–water partition coefficient (Wildman–Crippen LogP) is 4.48. The van der Waals surface area contributed by atoms with Crippen molar-refractivity contribution >= 4 is 6.09 Å². The normalized spacial score (nSPS) is 16.7. The molecule has 0 radical (unpaired) electrons. The Morgan fingerprint density at radius 2 is 1.63 bits per heavy atom. The van der Waals surface area contributed by atoms with Crippen LogP contribution in [-0.2, 0) is 4.74 Å². The van der Waals surface area contributed by atoms with E-state index in [1.54, 1.807) is 11.1 Å². The number of hydrogen-bond acceptors (Lipinski definition) is 2. The Bertz CT molecular complexity index is 442. The second-order valence-electron chi connectivity index (χ2n) is 6.83. The van der Waals surface area contributed by atoms with Gasteiger partial charge in [-0.2, -0.15) is 0 Å². The highest BCUT2D eigenvalue weighted by molar-refractivity contribution is 5.72. The summed E-state index contributed by atoms with van der Waals surface area (Å²) in [5, 5.41) is 0. The standard InChI is InChI=1S/C16H25NO2/c1-15(2,3)12-8-9-13(16(4,5)6)17(11-10-12)14(18)19-7/h8-11H,1-7H3. The SMILES string of the molecule is COC(=O)N1C=CC(C(C)(C)C)=CC=C1C(C)(C)C. The lowest BCUT2D eigenvalue weighted by Crippen LogP contribution is -2.31. The van der Waals surface area contributed by atoms with Crippen molar-refractivity contribution in [3.8, 4) is 0 Å².